The van der Waals surface area contributed by atoms with Crippen molar-refractivity contribution in [2.75, 3.05) is 13.1 Å². The van der Waals surface area contributed by atoms with Gasteiger partial charge in [-0.2, -0.15) is 0 Å². The molecule has 6 heteroatoms. The number of hydrogen-bond acceptors (Lipinski definition) is 3. The number of piperazine rings is 1. The number of nitrogens with zero attached hydrogens (tertiary/aromatic N) is 1. The first-order chi connectivity index (χ1) is 7.79. The summed E-state index contributed by atoms with van der Waals surface area (Å²) < 4.78 is 0. The third-order valence-electron chi connectivity index (χ3n) is 3.19. The summed E-state index contributed by atoms with van der Waals surface area (Å²) in [6, 6.07) is -0.967. The molecule has 0 bridgehead atoms. The molecule has 2 amide bonds. The molecule has 96 valence electrons. The summed E-state index contributed by atoms with van der Waals surface area (Å²) in [5, 5.41) is 11.5. The molecule has 0 spiro atoms. The van der Waals surface area contributed by atoms with Gasteiger partial charge in [0.05, 0.1) is 0 Å². The van der Waals surface area contributed by atoms with Gasteiger partial charge in [0.1, 0.15) is 12.6 Å². The Balaban J connectivity index is 2.94. The molecule has 1 aliphatic heterocycles. The van der Waals surface area contributed by atoms with Gasteiger partial charge in [-0.1, -0.05) is 20.8 Å². The quantitative estimate of drug-likeness (QED) is 0.719. The van der Waals surface area contributed by atoms with Crippen LogP contribution in [0.25, 0.3) is 0 Å². The van der Waals surface area contributed by atoms with Gasteiger partial charge in [0.15, 0.2) is 0 Å². The lowest BCUT2D eigenvalue weighted by Crippen LogP contribution is -2.61. The predicted molar refractivity (Wildman–Crippen MR) is 60.2 cm³/mol. The Morgan fingerprint density at radius 1 is 1.53 bits per heavy atom. The van der Waals surface area contributed by atoms with Crippen LogP contribution >= 0.6 is 0 Å². The normalized spacial score (nSPS) is 21.0. The van der Waals surface area contributed by atoms with Crippen LogP contribution in [0.1, 0.15) is 27.2 Å². The molecule has 17 heavy (non-hydrogen) atoms. The molecule has 0 radical (unpaired) electrons. The highest BCUT2D eigenvalue weighted by Gasteiger charge is 2.40. The number of carbonyl (C=O) groups excluding carboxylic acids is 2. The van der Waals surface area contributed by atoms with E-state index in [1.807, 2.05) is 6.92 Å². The Morgan fingerprint density at radius 3 is 2.59 bits per heavy atom. The van der Waals surface area contributed by atoms with Gasteiger partial charge >= 0.3 is 5.97 Å². The zero-order chi connectivity index (χ0) is 13.2. The molecule has 1 aliphatic rings. The molecule has 0 aromatic heterocycles. The van der Waals surface area contributed by atoms with E-state index in [0.29, 0.717) is 6.42 Å². The lowest BCUT2D eigenvalue weighted by molar-refractivity contribution is -0.158. The van der Waals surface area contributed by atoms with E-state index in [4.69, 9.17) is 5.11 Å². The molecule has 0 saturated carbocycles. The van der Waals surface area contributed by atoms with Crippen LogP contribution in [0.2, 0.25) is 0 Å². The first-order valence-electron chi connectivity index (χ1n) is 5.60. The van der Waals surface area contributed by atoms with Gasteiger partial charge in [0.25, 0.3) is 0 Å². The SMILES string of the molecule is CCC(C)(C)C(=O)N1CC(=O)NCC1C(=O)O. The largest absolute Gasteiger partial charge is 0.480 e. The third kappa shape index (κ3) is 2.75. The van der Waals surface area contributed by atoms with Crippen LogP contribution in [0.3, 0.4) is 0 Å². The van der Waals surface area contributed by atoms with E-state index in [0.717, 1.165) is 4.90 Å². The molecule has 0 aliphatic carbocycles. The van der Waals surface area contributed by atoms with Crippen LogP contribution in [0.15, 0.2) is 0 Å². The van der Waals surface area contributed by atoms with Crippen LogP contribution in [0, 0.1) is 5.41 Å². The number of rotatable bonds is 3. The minimum atomic E-state index is -1.09. The van der Waals surface area contributed by atoms with E-state index in [2.05, 4.69) is 5.32 Å². The van der Waals surface area contributed by atoms with E-state index in [-0.39, 0.29) is 24.9 Å². The minimum absolute atomic E-state index is 0.0281. The van der Waals surface area contributed by atoms with E-state index in [1.165, 1.54) is 0 Å². The van der Waals surface area contributed by atoms with Gasteiger partial charge in [-0.15, -0.1) is 0 Å². The van der Waals surface area contributed by atoms with Crippen molar-refractivity contribution in [2.24, 2.45) is 5.41 Å². The van der Waals surface area contributed by atoms with Crippen molar-refractivity contribution in [1.82, 2.24) is 10.2 Å². The highest BCUT2D eigenvalue weighted by atomic mass is 16.4. The van der Waals surface area contributed by atoms with E-state index in [1.54, 1.807) is 13.8 Å². The van der Waals surface area contributed by atoms with E-state index < -0.39 is 17.4 Å². The van der Waals surface area contributed by atoms with Crippen molar-refractivity contribution < 1.29 is 19.5 Å². The lowest BCUT2D eigenvalue weighted by atomic mass is 9.87. The minimum Gasteiger partial charge on any atom is -0.480 e. The van der Waals surface area contributed by atoms with Crippen molar-refractivity contribution in [3.63, 3.8) is 0 Å². The van der Waals surface area contributed by atoms with Gasteiger partial charge in [-0.3, -0.25) is 9.59 Å². The van der Waals surface area contributed by atoms with Gasteiger partial charge in [0.2, 0.25) is 11.8 Å². The molecule has 1 heterocycles. The zero-order valence-electron chi connectivity index (χ0n) is 10.3. The topological polar surface area (TPSA) is 86.7 Å². The van der Waals surface area contributed by atoms with Gasteiger partial charge in [-0.25, -0.2) is 4.79 Å². The maximum atomic E-state index is 12.2. The summed E-state index contributed by atoms with van der Waals surface area (Å²) in [4.78, 5) is 35.7. The monoisotopic (exact) mass is 242 g/mol. The second kappa shape index (κ2) is 4.73. The third-order valence-corrected chi connectivity index (χ3v) is 3.19. The number of carboxylic acid groups (broad SMARTS) is 1. The van der Waals surface area contributed by atoms with Crippen LogP contribution < -0.4 is 5.32 Å². The second-order valence-corrected chi connectivity index (χ2v) is 4.83. The van der Waals surface area contributed by atoms with E-state index >= 15 is 0 Å². The van der Waals surface area contributed by atoms with Crippen molar-refractivity contribution in [3.05, 3.63) is 0 Å². The Bertz CT molecular complexity index is 351. The smallest absolute Gasteiger partial charge is 0.328 e. The summed E-state index contributed by atoms with van der Waals surface area (Å²) in [5.74, 6) is -1.70. The molecule has 1 unspecified atom stereocenters. The van der Waals surface area contributed by atoms with Gasteiger partial charge in [-0.05, 0) is 6.42 Å². The average Bonchev–Trinajstić information content (AvgIpc) is 2.27. The fourth-order valence-corrected chi connectivity index (χ4v) is 1.62. The Morgan fingerprint density at radius 2 is 2.12 bits per heavy atom. The van der Waals surface area contributed by atoms with Crippen LogP contribution in [-0.4, -0.2) is 46.9 Å². The highest BCUT2D eigenvalue weighted by molar-refractivity contribution is 5.93. The first-order valence-corrected chi connectivity index (χ1v) is 5.60. The number of amides is 2. The Kier molecular flexibility index (Phi) is 3.75. The number of carboxylic acids is 1. The predicted octanol–water partition coefficient (Wildman–Crippen LogP) is -0.166. The molecule has 6 nitrogen and oxygen atoms in total. The number of aliphatic carboxylic acids is 1. The highest BCUT2D eigenvalue weighted by Crippen LogP contribution is 2.24. The molecule has 1 atom stereocenters. The average molecular weight is 242 g/mol. The first kappa shape index (κ1) is 13.5. The number of hydrogen-bond donors (Lipinski definition) is 2. The molecular weight excluding hydrogens is 224 g/mol. The van der Waals surface area contributed by atoms with Crippen LogP contribution in [0.4, 0.5) is 0 Å². The molecular formula is C11H18N2O4. The summed E-state index contributed by atoms with van der Waals surface area (Å²) in [5.41, 5.74) is -0.647. The van der Waals surface area contributed by atoms with Crippen LogP contribution in [0.5, 0.6) is 0 Å². The second-order valence-electron chi connectivity index (χ2n) is 4.83. The van der Waals surface area contributed by atoms with E-state index in [9.17, 15) is 14.4 Å². The maximum Gasteiger partial charge on any atom is 0.328 e. The molecule has 1 rings (SSSR count). The maximum absolute atomic E-state index is 12.2. The standard InChI is InChI=1S/C11H18N2O4/c1-4-11(2,3)10(17)13-6-8(14)12-5-7(13)9(15)16/h7H,4-6H2,1-3H3,(H,12,14)(H,15,16). The Labute approximate surface area is 100.0 Å². The van der Waals surface area contributed by atoms with Crippen LogP contribution in [-0.2, 0) is 14.4 Å². The van der Waals surface area contributed by atoms with Gasteiger partial charge in [0, 0.05) is 12.0 Å². The van der Waals surface area contributed by atoms with Crippen molar-refractivity contribution in [3.8, 4) is 0 Å². The van der Waals surface area contributed by atoms with Crippen molar-refractivity contribution in [1.29, 1.82) is 0 Å². The molecule has 0 aromatic carbocycles. The number of carbonyl (C=O) groups is 3. The molecule has 1 fully saturated rings. The summed E-state index contributed by atoms with van der Waals surface area (Å²) in [6.07, 6.45) is 0.594. The summed E-state index contributed by atoms with van der Waals surface area (Å²) >= 11 is 0. The zero-order valence-corrected chi connectivity index (χ0v) is 10.3. The molecule has 2 N–H and O–H groups in total. The lowest BCUT2D eigenvalue weighted by Gasteiger charge is -2.37. The fourth-order valence-electron chi connectivity index (χ4n) is 1.62. The number of nitrogens with one attached hydrogen (secondary N) is 1. The van der Waals surface area contributed by atoms with Crippen molar-refractivity contribution in [2.45, 2.75) is 33.2 Å². The summed E-state index contributed by atoms with van der Waals surface area (Å²) in [7, 11) is 0. The van der Waals surface area contributed by atoms with Crippen molar-refractivity contribution >= 4 is 17.8 Å². The molecule has 0 aromatic rings. The Hall–Kier alpha value is -1.59. The van der Waals surface area contributed by atoms with Gasteiger partial charge < -0.3 is 15.3 Å². The molecule has 1 saturated heterocycles. The fraction of sp³-hybridized carbons (Fsp3) is 0.727. The summed E-state index contributed by atoms with van der Waals surface area (Å²) in [6.45, 7) is 5.15.